The van der Waals surface area contributed by atoms with Gasteiger partial charge in [-0.15, -0.1) is 0 Å². The SMILES string of the molecule is CCCCCCCCCCCCCCCCCCCCCC(=O)OCCCCCCCCCCC/C=C\CCCCCCCCCC(=O)NC(CO)C(O)CCCCCCCCCCCCCCCCCCCCC. The van der Waals surface area contributed by atoms with Gasteiger partial charge in [0, 0.05) is 12.8 Å². The summed E-state index contributed by atoms with van der Waals surface area (Å²) in [5.74, 6) is -0.0272. The van der Waals surface area contributed by atoms with Crippen molar-refractivity contribution in [3.05, 3.63) is 12.2 Å². The second-order valence-corrected chi connectivity index (χ2v) is 23.9. The molecule has 0 rings (SSSR count). The summed E-state index contributed by atoms with van der Waals surface area (Å²) in [4.78, 5) is 24.6. The van der Waals surface area contributed by atoms with Crippen LogP contribution in [-0.4, -0.2) is 47.4 Å². The van der Waals surface area contributed by atoms with E-state index in [-0.39, 0.29) is 18.5 Å². The van der Waals surface area contributed by atoms with Crippen molar-refractivity contribution in [2.45, 2.75) is 405 Å². The third kappa shape index (κ3) is 61.7. The van der Waals surface area contributed by atoms with Crippen LogP contribution in [0, 0.1) is 0 Å². The highest BCUT2D eigenvalue weighted by Gasteiger charge is 2.20. The molecule has 75 heavy (non-hydrogen) atoms. The second kappa shape index (κ2) is 65.1. The molecule has 2 atom stereocenters. The maximum Gasteiger partial charge on any atom is 0.305 e. The van der Waals surface area contributed by atoms with Crippen LogP contribution in [0.1, 0.15) is 393 Å². The highest BCUT2D eigenvalue weighted by Crippen LogP contribution is 2.19. The van der Waals surface area contributed by atoms with E-state index in [1.165, 1.54) is 321 Å². The Labute approximate surface area is 469 Å². The van der Waals surface area contributed by atoms with Crippen molar-refractivity contribution in [1.29, 1.82) is 0 Å². The Morgan fingerprint density at radius 1 is 0.360 bits per heavy atom. The first kappa shape index (κ1) is 73.6. The van der Waals surface area contributed by atoms with E-state index >= 15 is 0 Å². The maximum absolute atomic E-state index is 12.5. The highest BCUT2D eigenvalue weighted by molar-refractivity contribution is 5.76. The lowest BCUT2D eigenvalue weighted by Crippen LogP contribution is -2.45. The molecule has 0 radical (unpaired) electrons. The van der Waals surface area contributed by atoms with Gasteiger partial charge in [-0.2, -0.15) is 0 Å². The molecule has 0 saturated carbocycles. The number of rotatable bonds is 65. The fourth-order valence-corrected chi connectivity index (χ4v) is 11.1. The molecule has 0 heterocycles. The molecule has 0 saturated heterocycles. The quantitative estimate of drug-likeness (QED) is 0.0320. The van der Waals surface area contributed by atoms with E-state index in [0.29, 0.717) is 25.9 Å². The fraction of sp³-hybridized carbons (Fsp3) is 0.942. The Hall–Kier alpha value is -1.40. The molecule has 3 N–H and O–H groups in total. The largest absolute Gasteiger partial charge is 0.466 e. The van der Waals surface area contributed by atoms with Gasteiger partial charge in [0.1, 0.15) is 0 Å². The molecule has 0 aliphatic carbocycles. The van der Waals surface area contributed by atoms with Crippen molar-refractivity contribution in [3.8, 4) is 0 Å². The van der Waals surface area contributed by atoms with E-state index in [1.54, 1.807) is 0 Å². The van der Waals surface area contributed by atoms with Crippen LogP contribution in [0.4, 0.5) is 0 Å². The fourth-order valence-electron chi connectivity index (χ4n) is 11.1. The average molecular weight is 1060 g/mol. The Morgan fingerprint density at radius 3 is 0.947 bits per heavy atom. The molecule has 6 nitrogen and oxygen atoms in total. The highest BCUT2D eigenvalue weighted by atomic mass is 16.5. The van der Waals surface area contributed by atoms with E-state index in [9.17, 15) is 19.8 Å². The number of nitrogens with one attached hydrogen (secondary N) is 1. The zero-order chi connectivity index (χ0) is 54.3. The van der Waals surface area contributed by atoms with E-state index in [1.807, 2.05) is 0 Å². The van der Waals surface area contributed by atoms with E-state index in [2.05, 4.69) is 31.3 Å². The number of hydrogen-bond donors (Lipinski definition) is 3. The van der Waals surface area contributed by atoms with Crippen LogP contribution < -0.4 is 5.32 Å². The number of aliphatic hydroxyl groups is 2. The van der Waals surface area contributed by atoms with Crippen molar-refractivity contribution in [2.75, 3.05) is 13.2 Å². The number of allylic oxidation sites excluding steroid dienone is 2. The molecule has 0 aromatic heterocycles. The summed E-state index contributed by atoms with van der Waals surface area (Å²) in [5, 5.41) is 23.4. The average Bonchev–Trinajstić information content (AvgIpc) is 3.41. The number of unbranched alkanes of at least 4 members (excludes halogenated alkanes) is 52. The van der Waals surface area contributed by atoms with Gasteiger partial charge in [-0.25, -0.2) is 0 Å². The van der Waals surface area contributed by atoms with Gasteiger partial charge in [-0.1, -0.05) is 341 Å². The first-order valence-corrected chi connectivity index (χ1v) is 34.4. The lowest BCUT2D eigenvalue weighted by molar-refractivity contribution is -0.143. The second-order valence-electron chi connectivity index (χ2n) is 23.9. The summed E-state index contributed by atoms with van der Waals surface area (Å²) in [6.07, 6.45) is 79.6. The monoisotopic (exact) mass is 1060 g/mol. The molecular formula is C69H135NO5. The topological polar surface area (TPSA) is 95.9 Å². The van der Waals surface area contributed by atoms with Gasteiger partial charge in [0.25, 0.3) is 0 Å². The number of aliphatic hydroxyl groups excluding tert-OH is 2. The number of hydrogen-bond acceptors (Lipinski definition) is 5. The number of ether oxygens (including phenoxy) is 1. The van der Waals surface area contributed by atoms with Crippen LogP contribution in [0.2, 0.25) is 0 Å². The molecule has 0 aliphatic rings. The molecular weight excluding hydrogens is 923 g/mol. The van der Waals surface area contributed by atoms with Crippen molar-refractivity contribution >= 4 is 11.9 Å². The summed E-state index contributed by atoms with van der Waals surface area (Å²) in [6, 6.07) is -0.548. The molecule has 2 unspecified atom stereocenters. The predicted octanol–water partition coefficient (Wildman–Crippen LogP) is 22.0. The normalized spacial score (nSPS) is 12.5. The molecule has 0 aromatic carbocycles. The Balaban J connectivity index is 3.40. The summed E-state index contributed by atoms with van der Waals surface area (Å²) in [6.45, 7) is 4.99. The van der Waals surface area contributed by atoms with Crippen molar-refractivity contribution < 1.29 is 24.5 Å². The van der Waals surface area contributed by atoms with Crippen LogP contribution in [-0.2, 0) is 14.3 Å². The molecule has 446 valence electrons. The molecule has 6 heteroatoms. The van der Waals surface area contributed by atoms with E-state index in [4.69, 9.17) is 4.74 Å². The smallest absolute Gasteiger partial charge is 0.305 e. The van der Waals surface area contributed by atoms with Gasteiger partial charge >= 0.3 is 5.97 Å². The minimum Gasteiger partial charge on any atom is -0.466 e. The van der Waals surface area contributed by atoms with Gasteiger partial charge in [-0.3, -0.25) is 9.59 Å². The standard InChI is InChI=1S/C69H135NO5/c1-3-5-7-9-11-13-15-17-19-21-25-29-33-37-41-45-49-53-57-61-67(72)66(65-71)70-68(73)62-58-54-50-46-42-38-34-30-27-23-24-28-32-36-40-44-48-52-56-60-64-75-69(74)63-59-55-51-47-43-39-35-31-26-22-20-18-16-14-12-10-8-6-4-2/h23,27,66-67,71-72H,3-22,24-26,28-65H2,1-2H3,(H,70,73)/b27-23-. The Bertz CT molecular complexity index is 1130. The summed E-state index contributed by atoms with van der Waals surface area (Å²) in [5.41, 5.74) is 0. The zero-order valence-corrected chi connectivity index (χ0v) is 51.1. The molecule has 0 spiro atoms. The molecule has 0 fully saturated rings. The van der Waals surface area contributed by atoms with Crippen LogP contribution in [0.5, 0.6) is 0 Å². The lowest BCUT2D eigenvalue weighted by atomic mass is 10.0. The van der Waals surface area contributed by atoms with Gasteiger partial charge < -0.3 is 20.3 Å². The number of amides is 1. The predicted molar refractivity (Wildman–Crippen MR) is 329 cm³/mol. The minimum atomic E-state index is -0.670. The van der Waals surface area contributed by atoms with E-state index in [0.717, 1.165) is 38.5 Å². The van der Waals surface area contributed by atoms with Crippen molar-refractivity contribution in [2.24, 2.45) is 0 Å². The van der Waals surface area contributed by atoms with Crippen LogP contribution >= 0.6 is 0 Å². The van der Waals surface area contributed by atoms with Gasteiger partial charge in [0.2, 0.25) is 5.91 Å². The van der Waals surface area contributed by atoms with Crippen molar-refractivity contribution in [3.63, 3.8) is 0 Å². The first-order chi connectivity index (χ1) is 37.0. The number of carbonyl (C=O) groups is 2. The summed E-state index contributed by atoms with van der Waals surface area (Å²) < 4.78 is 5.51. The maximum atomic E-state index is 12.5. The van der Waals surface area contributed by atoms with Crippen LogP contribution in [0.15, 0.2) is 12.2 Å². The van der Waals surface area contributed by atoms with Crippen molar-refractivity contribution in [1.82, 2.24) is 5.32 Å². The minimum absolute atomic E-state index is 0.0122. The molecule has 1 amide bonds. The third-order valence-electron chi connectivity index (χ3n) is 16.3. The Morgan fingerprint density at radius 2 is 0.627 bits per heavy atom. The molecule has 0 aliphatic heterocycles. The molecule has 0 bridgehead atoms. The van der Waals surface area contributed by atoms with Gasteiger partial charge in [0.05, 0.1) is 25.4 Å². The molecule has 0 aromatic rings. The van der Waals surface area contributed by atoms with Gasteiger partial charge in [0.15, 0.2) is 0 Å². The first-order valence-electron chi connectivity index (χ1n) is 34.4. The van der Waals surface area contributed by atoms with Gasteiger partial charge in [-0.05, 0) is 51.4 Å². The van der Waals surface area contributed by atoms with Crippen LogP contribution in [0.25, 0.3) is 0 Å². The third-order valence-corrected chi connectivity index (χ3v) is 16.3. The summed E-state index contributed by atoms with van der Waals surface area (Å²) >= 11 is 0. The Kier molecular flexibility index (Phi) is 63.9. The van der Waals surface area contributed by atoms with E-state index < -0.39 is 12.1 Å². The van der Waals surface area contributed by atoms with Crippen LogP contribution in [0.3, 0.4) is 0 Å². The lowest BCUT2D eigenvalue weighted by Gasteiger charge is -2.22. The number of carbonyl (C=O) groups excluding carboxylic acids is 2. The zero-order valence-electron chi connectivity index (χ0n) is 51.1. The summed E-state index contributed by atoms with van der Waals surface area (Å²) in [7, 11) is 0. The number of esters is 1.